The molecule has 7 nitrogen and oxygen atoms in total. The van der Waals surface area contributed by atoms with Crippen molar-refractivity contribution in [1.29, 1.82) is 0 Å². The van der Waals surface area contributed by atoms with E-state index in [1.54, 1.807) is 27.7 Å². The van der Waals surface area contributed by atoms with Crippen molar-refractivity contribution in [3.8, 4) is 0 Å². The topological polar surface area (TPSA) is 122 Å². The van der Waals surface area contributed by atoms with Gasteiger partial charge in [-0.3, -0.25) is 4.79 Å². The van der Waals surface area contributed by atoms with Crippen LogP contribution in [0, 0.1) is 16.7 Å². The first-order chi connectivity index (χ1) is 12.1. The molecule has 0 aromatic heterocycles. The molecule has 5 atom stereocenters. The zero-order valence-electron chi connectivity index (χ0n) is 16.3. The van der Waals surface area contributed by atoms with Gasteiger partial charge in [-0.15, -0.1) is 23.2 Å². The number of nitrogens with two attached hydrogens (primary N) is 1. The van der Waals surface area contributed by atoms with E-state index in [1.165, 1.54) is 13.8 Å². The molecule has 1 heterocycles. The highest BCUT2D eigenvalue weighted by Crippen LogP contribution is 2.57. The van der Waals surface area contributed by atoms with Gasteiger partial charge in [0.2, 0.25) is 5.91 Å². The molecular weight excluding hydrogens is 395 g/mol. The second-order valence-corrected chi connectivity index (χ2v) is 9.93. The molecule has 1 amide bonds. The highest BCUT2D eigenvalue weighted by Gasteiger charge is 2.65. The Balaban J connectivity index is 2.75. The number of nitrogens with one attached hydrogen (secondary N) is 1. The summed E-state index contributed by atoms with van der Waals surface area (Å²) in [6.07, 6.45) is -1.02. The standard InChI is InChI=1S/C18H28Cl2N2O5/c1-7(21)12(24)22-10-9-8(13(25)27-18(10,6)15(19)20)11(23)17(4,5)14(26)16(9,2)3/h7,9-10,14-15,23,26H,21H2,1-6H3,(H,22,24)/t7-,9+,10+,14-,18-/m0/s1. The van der Waals surface area contributed by atoms with E-state index >= 15 is 0 Å². The zero-order valence-corrected chi connectivity index (χ0v) is 17.9. The van der Waals surface area contributed by atoms with Crippen LogP contribution in [0.1, 0.15) is 41.5 Å². The van der Waals surface area contributed by atoms with E-state index in [-0.39, 0.29) is 11.3 Å². The number of hydrogen-bond donors (Lipinski definition) is 4. The summed E-state index contributed by atoms with van der Waals surface area (Å²) in [5.74, 6) is -2.33. The van der Waals surface area contributed by atoms with E-state index < -0.39 is 57.2 Å². The fourth-order valence-corrected chi connectivity index (χ4v) is 4.62. The maximum Gasteiger partial charge on any atom is 0.338 e. The summed E-state index contributed by atoms with van der Waals surface area (Å²) in [6, 6.07) is -1.74. The van der Waals surface area contributed by atoms with E-state index in [2.05, 4.69) is 5.32 Å². The number of cyclic esters (lactones) is 1. The molecule has 2 rings (SSSR count). The van der Waals surface area contributed by atoms with Crippen LogP contribution >= 0.6 is 23.2 Å². The van der Waals surface area contributed by atoms with Crippen molar-refractivity contribution in [3.63, 3.8) is 0 Å². The normalized spacial score (nSPS) is 36.1. The number of esters is 1. The van der Waals surface area contributed by atoms with Crippen LogP contribution in [-0.2, 0) is 14.3 Å². The second kappa shape index (κ2) is 6.79. The van der Waals surface area contributed by atoms with Crippen molar-refractivity contribution < 1.29 is 24.5 Å². The first kappa shape index (κ1) is 22.3. The number of hydrogen-bond acceptors (Lipinski definition) is 6. The lowest BCUT2D eigenvalue weighted by molar-refractivity contribution is -0.180. The van der Waals surface area contributed by atoms with Gasteiger partial charge in [0.25, 0.3) is 0 Å². The maximum atomic E-state index is 12.8. The van der Waals surface area contributed by atoms with E-state index in [9.17, 15) is 19.8 Å². The van der Waals surface area contributed by atoms with Gasteiger partial charge in [-0.1, -0.05) is 27.7 Å². The Kier molecular flexibility index (Phi) is 5.60. The third-order valence-electron chi connectivity index (χ3n) is 5.99. The zero-order chi connectivity index (χ0) is 21.1. The first-order valence-electron chi connectivity index (χ1n) is 8.79. The molecule has 9 heteroatoms. The van der Waals surface area contributed by atoms with Crippen LogP contribution < -0.4 is 11.1 Å². The first-order valence-corrected chi connectivity index (χ1v) is 9.66. The number of carbonyl (C=O) groups excluding carboxylic acids is 2. The number of aliphatic hydroxyl groups excluding tert-OH is 2. The molecule has 0 aromatic rings. The van der Waals surface area contributed by atoms with Gasteiger partial charge in [0.1, 0.15) is 10.6 Å². The van der Waals surface area contributed by atoms with Crippen LogP contribution in [0.5, 0.6) is 0 Å². The van der Waals surface area contributed by atoms with Crippen LogP contribution in [0.2, 0.25) is 0 Å². The van der Waals surface area contributed by atoms with Crippen LogP contribution in [0.4, 0.5) is 0 Å². The average Bonchev–Trinajstić information content (AvgIpc) is 2.53. The quantitative estimate of drug-likeness (QED) is 0.406. The fourth-order valence-electron chi connectivity index (χ4n) is 4.26. The highest BCUT2D eigenvalue weighted by atomic mass is 35.5. The molecular formula is C18H28Cl2N2O5. The summed E-state index contributed by atoms with van der Waals surface area (Å²) >= 11 is 12.3. The Morgan fingerprint density at radius 1 is 1.26 bits per heavy atom. The number of amides is 1. The lowest BCUT2D eigenvalue weighted by Gasteiger charge is -2.57. The van der Waals surface area contributed by atoms with Crippen LogP contribution in [0.25, 0.3) is 0 Å². The van der Waals surface area contributed by atoms with Crippen molar-refractivity contribution in [2.45, 2.75) is 70.2 Å². The predicted octanol–water partition coefficient (Wildman–Crippen LogP) is 1.79. The van der Waals surface area contributed by atoms with Gasteiger partial charge < -0.3 is 26.0 Å². The minimum absolute atomic E-state index is 0.0109. The van der Waals surface area contributed by atoms with E-state index in [1.807, 2.05) is 0 Å². The summed E-state index contributed by atoms with van der Waals surface area (Å²) in [6.45, 7) is 9.83. The Morgan fingerprint density at radius 2 is 1.78 bits per heavy atom. The fraction of sp³-hybridized carbons (Fsp3) is 0.778. The maximum absolute atomic E-state index is 12.8. The van der Waals surface area contributed by atoms with Gasteiger partial charge in [-0.2, -0.15) is 0 Å². The molecule has 0 radical (unpaired) electrons. The molecule has 0 saturated carbocycles. The van der Waals surface area contributed by atoms with Crippen molar-refractivity contribution >= 4 is 35.1 Å². The van der Waals surface area contributed by atoms with Crippen molar-refractivity contribution in [2.24, 2.45) is 22.5 Å². The highest BCUT2D eigenvalue weighted by molar-refractivity contribution is 6.45. The summed E-state index contributed by atoms with van der Waals surface area (Å²) < 4.78 is 5.53. The predicted molar refractivity (Wildman–Crippen MR) is 102 cm³/mol. The molecule has 1 fully saturated rings. The molecule has 1 aliphatic carbocycles. The van der Waals surface area contributed by atoms with Gasteiger partial charge in [0, 0.05) is 16.7 Å². The third-order valence-corrected chi connectivity index (χ3v) is 6.86. The summed E-state index contributed by atoms with van der Waals surface area (Å²) in [5.41, 5.74) is 2.19. The molecule has 154 valence electrons. The van der Waals surface area contributed by atoms with Gasteiger partial charge >= 0.3 is 5.97 Å². The Hall–Kier alpha value is -1.02. The summed E-state index contributed by atoms with van der Waals surface area (Å²) in [4.78, 5) is 24.0. The Morgan fingerprint density at radius 3 is 2.22 bits per heavy atom. The Labute approximate surface area is 169 Å². The summed E-state index contributed by atoms with van der Waals surface area (Å²) in [5, 5.41) is 24.5. The summed E-state index contributed by atoms with van der Waals surface area (Å²) in [7, 11) is 0. The van der Waals surface area contributed by atoms with E-state index in [0.29, 0.717) is 0 Å². The Bertz CT molecular complexity index is 689. The molecule has 0 bridgehead atoms. The molecule has 27 heavy (non-hydrogen) atoms. The number of rotatable bonds is 3. The number of carbonyl (C=O) groups is 2. The van der Waals surface area contributed by atoms with Crippen LogP contribution in [0.15, 0.2) is 11.3 Å². The molecule has 0 unspecified atom stereocenters. The number of alkyl halides is 2. The SMILES string of the molecule is C[C@H](N)C(=O)N[C@@H]1[C@H]2C(=C(O)C(C)(C)[C@@H](O)C2(C)C)C(=O)O[C@]1(C)C(Cl)Cl. The molecule has 5 N–H and O–H groups in total. The second-order valence-electron chi connectivity index (χ2n) is 8.83. The molecule has 1 saturated heterocycles. The number of ether oxygens (including phenoxy) is 1. The number of aliphatic hydroxyl groups is 2. The third kappa shape index (κ3) is 3.22. The molecule has 0 spiro atoms. The van der Waals surface area contributed by atoms with Gasteiger partial charge in [-0.25, -0.2) is 4.79 Å². The number of fused-ring (bicyclic) bond motifs is 1. The van der Waals surface area contributed by atoms with Crippen molar-refractivity contribution in [3.05, 3.63) is 11.3 Å². The van der Waals surface area contributed by atoms with Crippen molar-refractivity contribution in [2.75, 3.05) is 0 Å². The largest absolute Gasteiger partial charge is 0.511 e. The van der Waals surface area contributed by atoms with Crippen molar-refractivity contribution in [1.82, 2.24) is 5.32 Å². The van der Waals surface area contributed by atoms with Crippen LogP contribution in [0.3, 0.4) is 0 Å². The molecule has 2 aliphatic rings. The van der Waals surface area contributed by atoms with Gasteiger partial charge in [0.15, 0.2) is 5.60 Å². The number of halogens is 2. The van der Waals surface area contributed by atoms with E-state index in [4.69, 9.17) is 33.7 Å². The molecule has 1 aliphatic heterocycles. The lowest BCUT2D eigenvalue weighted by atomic mass is 9.53. The lowest BCUT2D eigenvalue weighted by Crippen LogP contribution is -2.70. The van der Waals surface area contributed by atoms with Gasteiger partial charge in [0.05, 0.1) is 23.8 Å². The van der Waals surface area contributed by atoms with Crippen LogP contribution in [-0.4, -0.2) is 50.7 Å². The van der Waals surface area contributed by atoms with Gasteiger partial charge in [-0.05, 0) is 13.8 Å². The minimum Gasteiger partial charge on any atom is -0.511 e. The monoisotopic (exact) mass is 422 g/mol. The molecule has 0 aromatic carbocycles. The average molecular weight is 423 g/mol. The minimum atomic E-state index is -1.49. The van der Waals surface area contributed by atoms with E-state index in [0.717, 1.165) is 0 Å². The smallest absolute Gasteiger partial charge is 0.338 e.